The maximum absolute atomic E-state index is 13.1. The Kier molecular flexibility index (Phi) is 4.17. The third-order valence-electron chi connectivity index (χ3n) is 5.73. The molecule has 2 aromatic rings. The standard InChI is InChI=1S/C19H26N6O/c1-4-25-15(7-10-21-25)17(26)24-11-5-8-19(13-24)9-6-14-12-20-18(23(2)3)22-16(14)19/h7,10,12H,4-6,8-9,11,13H2,1-3H3. The summed E-state index contributed by atoms with van der Waals surface area (Å²) in [6, 6.07) is 1.82. The summed E-state index contributed by atoms with van der Waals surface area (Å²) in [6.45, 7) is 4.25. The van der Waals surface area contributed by atoms with E-state index in [0.29, 0.717) is 12.2 Å². The van der Waals surface area contributed by atoms with Crippen molar-refractivity contribution >= 4 is 11.9 Å². The van der Waals surface area contributed by atoms with Gasteiger partial charge in [0.2, 0.25) is 5.95 Å². The van der Waals surface area contributed by atoms with Gasteiger partial charge in [-0.3, -0.25) is 9.48 Å². The maximum Gasteiger partial charge on any atom is 0.272 e. The molecule has 1 saturated heterocycles. The molecule has 2 aliphatic rings. The lowest BCUT2D eigenvalue weighted by Crippen LogP contribution is -2.48. The first kappa shape index (κ1) is 17.0. The molecule has 0 radical (unpaired) electrons. The van der Waals surface area contributed by atoms with Crippen molar-refractivity contribution in [3.05, 3.63) is 35.4 Å². The lowest BCUT2D eigenvalue weighted by molar-refractivity contribution is 0.0621. The Bertz CT molecular complexity index is 825. The number of aryl methyl sites for hydroxylation is 2. The predicted molar refractivity (Wildman–Crippen MR) is 99.4 cm³/mol. The number of fused-ring (bicyclic) bond motifs is 2. The van der Waals surface area contributed by atoms with Crippen LogP contribution in [-0.2, 0) is 18.4 Å². The second-order valence-corrected chi connectivity index (χ2v) is 7.58. The average Bonchev–Trinajstić information content (AvgIpc) is 3.26. The first-order valence-corrected chi connectivity index (χ1v) is 9.39. The third-order valence-corrected chi connectivity index (χ3v) is 5.73. The molecule has 138 valence electrons. The van der Waals surface area contributed by atoms with Crippen molar-refractivity contribution in [3.63, 3.8) is 0 Å². The number of hydrogen-bond donors (Lipinski definition) is 0. The molecular weight excluding hydrogens is 328 g/mol. The van der Waals surface area contributed by atoms with Gasteiger partial charge in [0.1, 0.15) is 5.69 Å². The van der Waals surface area contributed by atoms with Gasteiger partial charge in [-0.05, 0) is 44.2 Å². The SMILES string of the molecule is CCn1nccc1C(=O)N1CCCC2(CCc3cnc(N(C)C)nc32)C1. The molecule has 1 fully saturated rings. The van der Waals surface area contributed by atoms with Crippen LogP contribution in [0.5, 0.6) is 0 Å². The van der Waals surface area contributed by atoms with Crippen molar-refractivity contribution in [1.29, 1.82) is 0 Å². The van der Waals surface area contributed by atoms with Crippen molar-refractivity contribution in [2.45, 2.75) is 44.6 Å². The van der Waals surface area contributed by atoms with Gasteiger partial charge in [0, 0.05) is 51.5 Å². The highest BCUT2D eigenvalue weighted by molar-refractivity contribution is 5.92. The van der Waals surface area contributed by atoms with Crippen molar-refractivity contribution in [2.24, 2.45) is 0 Å². The van der Waals surface area contributed by atoms with E-state index in [2.05, 4.69) is 10.1 Å². The minimum atomic E-state index is -0.0337. The quantitative estimate of drug-likeness (QED) is 0.842. The Hall–Kier alpha value is -2.44. The van der Waals surface area contributed by atoms with Gasteiger partial charge in [-0.25, -0.2) is 9.97 Å². The van der Waals surface area contributed by atoms with Crippen LogP contribution >= 0.6 is 0 Å². The van der Waals surface area contributed by atoms with Gasteiger partial charge in [0.15, 0.2) is 0 Å². The van der Waals surface area contributed by atoms with E-state index < -0.39 is 0 Å². The summed E-state index contributed by atoms with van der Waals surface area (Å²) in [7, 11) is 3.93. The minimum absolute atomic E-state index is 0.0337. The number of carbonyl (C=O) groups excluding carboxylic acids is 1. The van der Waals surface area contributed by atoms with E-state index in [1.807, 2.05) is 43.1 Å². The molecule has 1 aliphatic heterocycles. The number of aromatic nitrogens is 4. The number of piperidine rings is 1. The van der Waals surface area contributed by atoms with Crippen molar-refractivity contribution in [3.8, 4) is 0 Å². The van der Waals surface area contributed by atoms with Gasteiger partial charge in [-0.15, -0.1) is 0 Å². The van der Waals surface area contributed by atoms with Gasteiger partial charge in [0.25, 0.3) is 5.91 Å². The van der Waals surface area contributed by atoms with E-state index in [4.69, 9.17) is 4.98 Å². The second-order valence-electron chi connectivity index (χ2n) is 7.58. The fourth-order valence-corrected chi connectivity index (χ4v) is 4.38. The maximum atomic E-state index is 13.1. The highest BCUT2D eigenvalue weighted by atomic mass is 16.2. The fraction of sp³-hybridized carbons (Fsp3) is 0.579. The average molecular weight is 354 g/mol. The molecule has 0 saturated carbocycles. The number of rotatable bonds is 3. The molecule has 1 spiro atoms. The van der Waals surface area contributed by atoms with E-state index in [0.717, 1.165) is 50.4 Å². The number of hydrogen-bond acceptors (Lipinski definition) is 5. The molecule has 0 N–H and O–H groups in total. The number of likely N-dealkylation sites (tertiary alicyclic amines) is 1. The van der Waals surface area contributed by atoms with E-state index in [1.54, 1.807) is 10.9 Å². The van der Waals surface area contributed by atoms with Crippen LogP contribution in [0.4, 0.5) is 5.95 Å². The van der Waals surface area contributed by atoms with Gasteiger partial charge in [0.05, 0.1) is 5.69 Å². The number of anilines is 1. The second kappa shape index (κ2) is 6.37. The highest BCUT2D eigenvalue weighted by Crippen LogP contribution is 2.44. The molecular formula is C19H26N6O. The lowest BCUT2D eigenvalue weighted by Gasteiger charge is -2.40. The highest BCUT2D eigenvalue weighted by Gasteiger charge is 2.45. The van der Waals surface area contributed by atoms with Crippen LogP contribution in [0.1, 0.15) is 47.9 Å². The van der Waals surface area contributed by atoms with Gasteiger partial charge in [-0.2, -0.15) is 5.10 Å². The number of nitrogens with zero attached hydrogens (tertiary/aromatic N) is 6. The summed E-state index contributed by atoms with van der Waals surface area (Å²) in [5.74, 6) is 0.830. The predicted octanol–water partition coefficient (Wildman–Crippen LogP) is 1.88. The zero-order valence-electron chi connectivity index (χ0n) is 15.8. The minimum Gasteiger partial charge on any atom is -0.347 e. The zero-order chi connectivity index (χ0) is 18.3. The normalized spacial score (nSPS) is 21.9. The summed E-state index contributed by atoms with van der Waals surface area (Å²) in [4.78, 5) is 26.4. The molecule has 7 nitrogen and oxygen atoms in total. The Morgan fingerprint density at radius 1 is 1.35 bits per heavy atom. The molecule has 1 aliphatic carbocycles. The number of amides is 1. The number of carbonyl (C=O) groups is 1. The molecule has 0 bridgehead atoms. The fourth-order valence-electron chi connectivity index (χ4n) is 4.38. The van der Waals surface area contributed by atoms with Crippen molar-refractivity contribution in [1.82, 2.24) is 24.6 Å². The van der Waals surface area contributed by atoms with Gasteiger partial charge < -0.3 is 9.80 Å². The molecule has 3 heterocycles. The molecule has 4 rings (SSSR count). The van der Waals surface area contributed by atoms with Crippen LogP contribution in [0.15, 0.2) is 18.5 Å². The molecule has 1 atom stereocenters. The van der Waals surface area contributed by atoms with E-state index in [1.165, 1.54) is 5.56 Å². The van der Waals surface area contributed by atoms with E-state index in [9.17, 15) is 4.79 Å². The summed E-state index contributed by atoms with van der Waals surface area (Å²) < 4.78 is 1.78. The lowest BCUT2D eigenvalue weighted by atomic mass is 9.77. The molecule has 0 aromatic carbocycles. The summed E-state index contributed by atoms with van der Waals surface area (Å²) >= 11 is 0. The first-order valence-electron chi connectivity index (χ1n) is 9.39. The van der Waals surface area contributed by atoms with Crippen LogP contribution in [0.25, 0.3) is 0 Å². The zero-order valence-corrected chi connectivity index (χ0v) is 15.8. The van der Waals surface area contributed by atoms with Crippen LogP contribution in [0.2, 0.25) is 0 Å². The monoisotopic (exact) mass is 354 g/mol. The molecule has 1 amide bonds. The van der Waals surface area contributed by atoms with Gasteiger partial charge >= 0.3 is 0 Å². The van der Waals surface area contributed by atoms with Crippen LogP contribution in [-0.4, -0.2) is 57.7 Å². The first-order chi connectivity index (χ1) is 12.5. The Balaban J connectivity index is 1.64. The van der Waals surface area contributed by atoms with E-state index in [-0.39, 0.29) is 11.3 Å². The molecule has 7 heteroatoms. The van der Waals surface area contributed by atoms with Gasteiger partial charge in [-0.1, -0.05) is 0 Å². The Morgan fingerprint density at radius 2 is 2.19 bits per heavy atom. The van der Waals surface area contributed by atoms with Crippen LogP contribution in [0.3, 0.4) is 0 Å². The van der Waals surface area contributed by atoms with Crippen molar-refractivity contribution < 1.29 is 4.79 Å². The van der Waals surface area contributed by atoms with E-state index >= 15 is 0 Å². The van der Waals surface area contributed by atoms with Crippen LogP contribution < -0.4 is 4.90 Å². The molecule has 2 aromatic heterocycles. The third kappa shape index (κ3) is 2.66. The van der Waals surface area contributed by atoms with Crippen molar-refractivity contribution in [2.75, 3.05) is 32.1 Å². The topological polar surface area (TPSA) is 67.2 Å². The molecule has 1 unspecified atom stereocenters. The Morgan fingerprint density at radius 3 is 2.96 bits per heavy atom. The largest absolute Gasteiger partial charge is 0.347 e. The molecule has 26 heavy (non-hydrogen) atoms. The summed E-state index contributed by atoms with van der Waals surface area (Å²) in [6.07, 6.45) is 7.81. The Labute approximate surface area is 154 Å². The van der Waals surface area contributed by atoms with Crippen LogP contribution in [0, 0.1) is 0 Å². The summed E-state index contributed by atoms with van der Waals surface area (Å²) in [5, 5.41) is 4.25. The summed E-state index contributed by atoms with van der Waals surface area (Å²) in [5.41, 5.74) is 3.04. The smallest absolute Gasteiger partial charge is 0.272 e.